The lowest BCUT2D eigenvalue weighted by Gasteiger charge is -2.23. The summed E-state index contributed by atoms with van der Waals surface area (Å²) in [7, 11) is 1.75. The summed E-state index contributed by atoms with van der Waals surface area (Å²) in [5.74, 6) is 2.03. The first kappa shape index (κ1) is 22.3. The number of carbonyl (C=O) groups is 1. The molecule has 0 aromatic carbocycles. The number of amides is 1. The zero-order valence-corrected chi connectivity index (χ0v) is 18.0. The van der Waals surface area contributed by atoms with Crippen molar-refractivity contribution in [3.8, 4) is 0 Å². The lowest BCUT2D eigenvalue weighted by Crippen LogP contribution is -2.43. The van der Waals surface area contributed by atoms with Gasteiger partial charge in [0.15, 0.2) is 5.96 Å². The summed E-state index contributed by atoms with van der Waals surface area (Å²) >= 11 is 0. The number of ether oxygens (including phenoxy) is 2. The van der Waals surface area contributed by atoms with E-state index in [1.807, 2.05) is 6.92 Å². The molecule has 0 aromatic rings. The highest BCUT2D eigenvalue weighted by atomic mass is 127. The van der Waals surface area contributed by atoms with Gasteiger partial charge in [-0.05, 0) is 39.0 Å². The van der Waals surface area contributed by atoms with Crippen molar-refractivity contribution >= 4 is 36.0 Å². The number of nitrogens with zero attached hydrogens (tertiary/aromatic N) is 2. The molecule has 8 heteroatoms. The number of methoxy groups -OCH3 is 1. The van der Waals surface area contributed by atoms with Crippen LogP contribution in [-0.2, 0) is 9.47 Å². The SMILES string of the molecule is CCNC(=NCC(NC(=O)OCC)C1CC1)N1CCC(COC)C1.I. The molecule has 1 aliphatic heterocycles. The van der Waals surface area contributed by atoms with Gasteiger partial charge in [-0.25, -0.2) is 4.79 Å². The molecule has 1 amide bonds. The van der Waals surface area contributed by atoms with Gasteiger partial charge >= 0.3 is 6.09 Å². The quantitative estimate of drug-likeness (QED) is 0.324. The maximum absolute atomic E-state index is 11.7. The average molecular weight is 468 g/mol. The topological polar surface area (TPSA) is 75.2 Å². The molecule has 2 N–H and O–H groups in total. The normalized spacial score (nSPS) is 21.5. The average Bonchev–Trinajstić information content (AvgIpc) is 3.30. The van der Waals surface area contributed by atoms with Gasteiger partial charge in [0, 0.05) is 32.7 Å². The summed E-state index contributed by atoms with van der Waals surface area (Å²) in [4.78, 5) is 18.8. The van der Waals surface area contributed by atoms with Crippen LogP contribution in [-0.4, -0.2) is 69.5 Å². The number of hydrogen-bond acceptors (Lipinski definition) is 4. The van der Waals surface area contributed by atoms with E-state index in [2.05, 4.69) is 22.5 Å². The summed E-state index contributed by atoms with van der Waals surface area (Å²) in [5, 5.41) is 6.33. The Balaban J connectivity index is 0.00000312. The summed E-state index contributed by atoms with van der Waals surface area (Å²) < 4.78 is 10.3. The van der Waals surface area contributed by atoms with Crippen LogP contribution in [0.15, 0.2) is 4.99 Å². The van der Waals surface area contributed by atoms with Gasteiger partial charge in [-0.2, -0.15) is 0 Å². The predicted molar refractivity (Wildman–Crippen MR) is 110 cm³/mol. The summed E-state index contributed by atoms with van der Waals surface area (Å²) in [6, 6.07) is 0.0649. The van der Waals surface area contributed by atoms with Crippen LogP contribution < -0.4 is 10.6 Å². The fourth-order valence-corrected chi connectivity index (χ4v) is 3.14. The number of aliphatic imine (C=N–C) groups is 1. The van der Waals surface area contributed by atoms with E-state index in [9.17, 15) is 4.79 Å². The van der Waals surface area contributed by atoms with Crippen molar-refractivity contribution in [1.29, 1.82) is 0 Å². The first-order chi connectivity index (χ1) is 11.7. The molecule has 1 heterocycles. The van der Waals surface area contributed by atoms with Crippen LogP contribution in [0.2, 0.25) is 0 Å². The molecule has 1 saturated carbocycles. The highest BCUT2D eigenvalue weighted by Crippen LogP contribution is 2.33. The van der Waals surface area contributed by atoms with Crippen molar-refractivity contribution < 1.29 is 14.3 Å². The van der Waals surface area contributed by atoms with Crippen LogP contribution in [0.25, 0.3) is 0 Å². The standard InChI is InChI=1S/C17H32N4O3.HI/c1-4-18-16(21-9-8-13(11-21)12-23-3)19-10-15(14-6-7-14)20-17(22)24-5-2;/h13-15H,4-12H2,1-3H3,(H,18,19)(H,20,22);1H. The van der Waals surface area contributed by atoms with Crippen LogP contribution in [0.5, 0.6) is 0 Å². The van der Waals surface area contributed by atoms with Crippen molar-refractivity contribution in [2.24, 2.45) is 16.8 Å². The number of alkyl carbamates (subject to hydrolysis) is 1. The lowest BCUT2D eigenvalue weighted by atomic mass is 10.1. The Morgan fingerprint density at radius 1 is 1.32 bits per heavy atom. The van der Waals surface area contributed by atoms with Gasteiger partial charge in [-0.15, -0.1) is 24.0 Å². The number of halogens is 1. The van der Waals surface area contributed by atoms with E-state index >= 15 is 0 Å². The molecule has 2 rings (SSSR count). The number of hydrogen-bond donors (Lipinski definition) is 2. The molecule has 7 nitrogen and oxygen atoms in total. The Morgan fingerprint density at radius 3 is 2.68 bits per heavy atom. The molecule has 0 radical (unpaired) electrons. The molecule has 2 fully saturated rings. The first-order valence-electron chi connectivity index (χ1n) is 9.13. The molecule has 146 valence electrons. The molecule has 1 aliphatic carbocycles. The minimum atomic E-state index is -0.337. The molecule has 2 unspecified atom stereocenters. The van der Waals surface area contributed by atoms with Crippen molar-refractivity contribution in [3.05, 3.63) is 0 Å². The fraction of sp³-hybridized carbons (Fsp3) is 0.882. The summed E-state index contributed by atoms with van der Waals surface area (Å²) in [6.07, 6.45) is 3.10. The molecular formula is C17H33IN4O3. The predicted octanol–water partition coefficient (Wildman–Crippen LogP) is 2.06. The van der Waals surface area contributed by atoms with Gasteiger partial charge in [-0.3, -0.25) is 4.99 Å². The van der Waals surface area contributed by atoms with Gasteiger partial charge in [0.05, 0.1) is 25.8 Å². The van der Waals surface area contributed by atoms with Crippen molar-refractivity contribution in [1.82, 2.24) is 15.5 Å². The van der Waals surface area contributed by atoms with E-state index in [1.165, 1.54) is 0 Å². The fourth-order valence-electron chi connectivity index (χ4n) is 3.14. The summed E-state index contributed by atoms with van der Waals surface area (Å²) in [5.41, 5.74) is 0. The zero-order valence-electron chi connectivity index (χ0n) is 15.6. The Morgan fingerprint density at radius 2 is 2.08 bits per heavy atom. The number of likely N-dealkylation sites (tertiary alicyclic amines) is 1. The first-order valence-corrected chi connectivity index (χ1v) is 9.13. The van der Waals surface area contributed by atoms with Gasteiger partial charge in [0.2, 0.25) is 0 Å². The second-order valence-electron chi connectivity index (χ2n) is 6.56. The third-order valence-corrected chi connectivity index (χ3v) is 4.53. The number of guanidine groups is 1. The van der Waals surface area contributed by atoms with Gasteiger partial charge < -0.3 is 25.0 Å². The molecule has 0 aromatic heterocycles. The van der Waals surface area contributed by atoms with Crippen LogP contribution in [0, 0.1) is 11.8 Å². The Kier molecular flexibility index (Phi) is 10.5. The number of nitrogens with one attached hydrogen (secondary N) is 2. The van der Waals surface area contributed by atoms with Crippen LogP contribution in [0.3, 0.4) is 0 Å². The second-order valence-corrected chi connectivity index (χ2v) is 6.56. The van der Waals surface area contributed by atoms with Crippen molar-refractivity contribution in [3.63, 3.8) is 0 Å². The molecular weight excluding hydrogens is 435 g/mol. The summed E-state index contributed by atoms with van der Waals surface area (Å²) in [6.45, 7) is 8.48. The van der Waals surface area contributed by atoms with Crippen LogP contribution in [0.1, 0.15) is 33.1 Å². The van der Waals surface area contributed by atoms with E-state index in [4.69, 9.17) is 14.5 Å². The van der Waals surface area contributed by atoms with Crippen LogP contribution >= 0.6 is 24.0 Å². The Hall–Kier alpha value is -0.770. The van der Waals surface area contributed by atoms with E-state index in [-0.39, 0.29) is 36.1 Å². The maximum Gasteiger partial charge on any atom is 0.407 e. The monoisotopic (exact) mass is 468 g/mol. The third-order valence-electron chi connectivity index (χ3n) is 4.53. The minimum absolute atomic E-state index is 0. The van der Waals surface area contributed by atoms with E-state index < -0.39 is 0 Å². The van der Waals surface area contributed by atoms with E-state index in [0.717, 1.165) is 51.5 Å². The third kappa shape index (κ3) is 7.55. The molecule has 2 atom stereocenters. The van der Waals surface area contributed by atoms with Gasteiger partial charge in [-0.1, -0.05) is 0 Å². The number of rotatable bonds is 8. The Labute approximate surface area is 168 Å². The zero-order chi connectivity index (χ0) is 17.4. The second kappa shape index (κ2) is 11.8. The molecule has 0 spiro atoms. The molecule has 25 heavy (non-hydrogen) atoms. The maximum atomic E-state index is 11.7. The molecule has 2 aliphatic rings. The number of carbonyl (C=O) groups excluding carboxylic acids is 1. The van der Waals surface area contributed by atoms with E-state index in [0.29, 0.717) is 25.0 Å². The highest BCUT2D eigenvalue weighted by Gasteiger charge is 2.33. The van der Waals surface area contributed by atoms with Crippen molar-refractivity contribution in [2.75, 3.05) is 46.5 Å². The van der Waals surface area contributed by atoms with Crippen LogP contribution in [0.4, 0.5) is 4.79 Å². The highest BCUT2D eigenvalue weighted by molar-refractivity contribution is 14.0. The molecule has 0 bridgehead atoms. The minimum Gasteiger partial charge on any atom is -0.450 e. The Bertz CT molecular complexity index is 432. The lowest BCUT2D eigenvalue weighted by molar-refractivity contribution is 0.147. The largest absolute Gasteiger partial charge is 0.450 e. The van der Waals surface area contributed by atoms with Gasteiger partial charge in [0.25, 0.3) is 0 Å². The smallest absolute Gasteiger partial charge is 0.407 e. The van der Waals surface area contributed by atoms with Crippen molar-refractivity contribution in [2.45, 2.75) is 39.2 Å². The molecule has 1 saturated heterocycles. The van der Waals surface area contributed by atoms with E-state index in [1.54, 1.807) is 7.11 Å². The van der Waals surface area contributed by atoms with Gasteiger partial charge in [0.1, 0.15) is 0 Å².